The third kappa shape index (κ3) is 6.32. The molecule has 0 aliphatic carbocycles. The minimum Gasteiger partial charge on any atom is -0.493 e. The minimum atomic E-state index is -0.401. The molecule has 2 aromatic rings. The van der Waals surface area contributed by atoms with Crippen molar-refractivity contribution in [3.8, 4) is 11.5 Å². The van der Waals surface area contributed by atoms with Crippen molar-refractivity contribution in [2.75, 3.05) is 6.61 Å². The van der Waals surface area contributed by atoms with E-state index in [4.69, 9.17) is 14.9 Å². The van der Waals surface area contributed by atoms with E-state index in [1.165, 1.54) is 0 Å². The van der Waals surface area contributed by atoms with Crippen molar-refractivity contribution in [2.45, 2.75) is 89.3 Å². The van der Waals surface area contributed by atoms with Crippen molar-refractivity contribution in [3.05, 3.63) is 64.7 Å². The monoisotopic (exact) mass is 544 g/mol. The summed E-state index contributed by atoms with van der Waals surface area (Å²) in [6.45, 7) is 6.88. The third-order valence-electron chi connectivity index (χ3n) is 8.13. The van der Waals surface area contributed by atoms with Gasteiger partial charge in [0.15, 0.2) is 5.96 Å². The molecule has 40 heavy (non-hydrogen) atoms. The molecule has 3 heterocycles. The van der Waals surface area contributed by atoms with Crippen molar-refractivity contribution >= 4 is 23.8 Å². The zero-order valence-electron chi connectivity index (χ0n) is 23.7. The Hall–Kier alpha value is -3.81. The average molecular weight is 545 g/mol. The van der Waals surface area contributed by atoms with Gasteiger partial charge < -0.3 is 20.1 Å². The molecule has 0 saturated carbocycles. The van der Waals surface area contributed by atoms with Gasteiger partial charge in [-0.3, -0.25) is 20.3 Å². The van der Waals surface area contributed by atoms with E-state index in [2.05, 4.69) is 54.9 Å². The highest BCUT2D eigenvalue weighted by atomic mass is 16.5. The van der Waals surface area contributed by atoms with Crippen molar-refractivity contribution in [1.82, 2.24) is 16.0 Å². The van der Waals surface area contributed by atoms with Gasteiger partial charge in [0, 0.05) is 23.1 Å². The molecular weight excluding hydrogens is 504 g/mol. The Morgan fingerprint density at radius 2 is 2.02 bits per heavy atom. The topological polar surface area (TPSA) is 113 Å². The third-order valence-corrected chi connectivity index (χ3v) is 8.13. The predicted molar refractivity (Wildman–Crippen MR) is 156 cm³/mol. The van der Waals surface area contributed by atoms with Crippen molar-refractivity contribution < 1.29 is 19.1 Å². The second-order valence-electron chi connectivity index (χ2n) is 11.8. The zero-order chi connectivity index (χ0) is 28.3. The number of unbranched alkanes of at least 4 members (excludes halogenated alkanes) is 1. The van der Waals surface area contributed by atoms with E-state index in [0.29, 0.717) is 18.4 Å². The number of amides is 2. The molecule has 212 valence electrons. The molecule has 4 N–H and O–H groups in total. The molecule has 5 rings (SSSR count). The SMILES string of the molecule is CCC1(CCC/C=C/c2ccc3c(c2)C(NC(=O)c2ccc4c(c2)CCCO4)CC(C)(C)O3)CC(=O)NC(=N)N1. The molecule has 3 aliphatic heterocycles. The first-order valence-electron chi connectivity index (χ1n) is 14.4. The number of allylic oxidation sites excluding steroid dienone is 1. The van der Waals surface area contributed by atoms with Crippen LogP contribution >= 0.6 is 0 Å². The van der Waals surface area contributed by atoms with Gasteiger partial charge in [-0.15, -0.1) is 0 Å². The molecule has 0 bridgehead atoms. The van der Waals surface area contributed by atoms with E-state index in [9.17, 15) is 9.59 Å². The molecule has 1 saturated heterocycles. The molecule has 0 radical (unpaired) electrons. The molecule has 2 atom stereocenters. The van der Waals surface area contributed by atoms with E-state index in [1.807, 2.05) is 30.3 Å². The van der Waals surface area contributed by atoms with Crippen LogP contribution in [0.4, 0.5) is 0 Å². The summed E-state index contributed by atoms with van der Waals surface area (Å²) < 4.78 is 12.0. The summed E-state index contributed by atoms with van der Waals surface area (Å²) in [6.07, 6.45) is 10.6. The Kier molecular flexibility index (Phi) is 7.88. The number of ether oxygens (including phenoxy) is 2. The van der Waals surface area contributed by atoms with E-state index in [-0.39, 0.29) is 29.4 Å². The lowest BCUT2D eigenvalue weighted by molar-refractivity contribution is -0.122. The summed E-state index contributed by atoms with van der Waals surface area (Å²) in [5.41, 5.74) is 3.02. The molecule has 2 aromatic carbocycles. The van der Waals surface area contributed by atoms with E-state index in [1.54, 1.807) is 0 Å². The largest absolute Gasteiger partial charge is 0.493 e. The van der Waals surface area contributed by atoms with Crippen molar-refractivity contribution in [2.24, 2.45) is 0 Å². The van der Waals surface area contributed by atoms with Crippen LogP contribution in [0.15, 0.2) is 42.5 Å². The number of fused-ring (bicyclic) bond motifs is 2. The normalized spacial score (nSPS) is 23.2. The number of hydrogen-bond donors (Lipinski definition) is 4. The lowest BCUT2D eigenvalue weighted by atomic mass is 9.85. The first kappa shape index (κ1) is 27.7. The van der Waals surface area contributed by atoms with Gasteiger partial charge in [0.05, 0.1) is 19.1 Å². The molecule has 0 spiro atoms. The Bertz CT molecular complexity index is 1320. The van der Waals surface area contributed by atoms with Crippen LogP contribution in [-0.2, 0) is 11.2 Å². The molecule has 3 aliphatic rings. The number of carbonyl (C=O) groups is 2. The molecule has 8 nitrogen and oxygen atoms in total. The Labute approximate surface area is 236 Å². The van der Waals surface area contributed by atoms with Gasteiger partial charge in [0.2, 0.25) is 5.91 Å². The van der Waals surface area contributed by atoms with Crippen molar-refractivity contribution in [1.29, 1.82) is 5.41 Å². The van der Waals surface area contributed by atoms with Crippen LogP contribution in [-0.4, -0.2) is 35.5 Å². The molecular formula is C32H40N4O4. The maximum atomic E-state index is 13.3. The highest BCUT2D eigenvalue weighted by Gasteiger charge is 2.36. The second-order valence-corrected chi connectivity index (χ2v) is 11.8. The maximum absolute atomic E-state index is 13.3. The van der Waals surface area contributed by atoms with Crippen LogP contribution in [0.3, 0.4) is 0 Å². The summed E-state index contributed by atoms with van der Waals surface area (Å²) in [5, 5.41) is 16.8. The molecule has 0 aromatic heterocycles. The smallest absolute Gasteiger partial charge is 0.251 e. The predicted octanol–water partition coefficient (Wildman–Crippen LogP) is 5.42. The fourth-order valence-corrected chi connectivity index (χ4v) is 6.00. The molecule has 8 heteroatoms. The Morgan fingerprint density at radius 3 is 2.83 bits per heavy atom. The zero-order valence-corrected chi connectivity index (χ0v) is 23.7. The van der Waals surface area contributed by atoms with Crippen LogP contribution < -0.4 is 25.4 Å². The van der Waals surface area contributed by atoms with Crippen molar-refractivity contribution in [3.63, 3.8) is 0 Å². The summed E-state index contributed by atoms with van der Waals surface area (Å²) in [7, 11) is 0. The van der Waals surface area contributed by atoms with Gasteiger partial charge in [-0.05, 0) is 93.8 Å². The fourth-order valence-electron chi connectivity index (χ4n) is 6.00. The summed E-state index contributed by atoms with van der Waals surface area (Å²) >= 11 is 0. The quantitative estimate of drug-likeness (QED) is 0.332. The van der Waals surface area contributed by atoms with Crippen LogP contribution in [0, 0.1) is 5.41 Å². The molecule has 1 fully saturated rings. The lowest BCUT2D eigenvalue weighted by Gasteiger charge is -2.38. The van der Waals surface area contributed by atoms with E-state index < -0.39 is 5.60 Å². The average Bonchev–Trinajstić information content (AvgIpc) is 2.91. The standard InChI is InChI=1S/C32H40N4O4/c1-4-32(20-28(37)35-30(33)36-32)15-7-5-6-9-21-11-13-27-24(17-21)25(19-31(2,3)40-27)34-29(38)23-12-14-26-22(18-23)10-8-16-39-26/h6,9,11-14,17-18,25H,4-5,7-8,10,15-16,19-20H2,1-3H3,(H,34,38)(H3,33,35,36,37)/b9-6+. The number of aryl methyl sites for hydroxylation is 1. The van der Waals surface area contributed by atoms with E-state index >= 15 is 0 Å². The van der Waals surface area contributed by atoms with Crippen LogP contribution in [0.2, 0.25) is 0 Å². The van der Waals surface area contributed by atoms with Gasteiger partial charge in [0.25, 0.3) is 5.91 Å². The number of benzene rings is 2. The number of hydrogen-bond acceptors (Lipinski definition) is 5. The number of guanidine groups is 1. The van der Waals surface area contributed by atoms with Gasteiger partial charge in [-0.25, -0.2) is 0 Å². The first-order chi connectivity index (χ1) is 19.2. The first-order valence-corrected chi connectivity index (χ1v) is 14.4. The number of carbonyl (C=O) groups excluding carboxylic acids is 2. The van der Waals surface area contributed by atoms with Gasteiger partial charge >= 0.3 is 0 Å². The molecule has 2 unspecified atom stereocenters. The van der Waals surface area contributed by atoms with Gasteiger partial charge in [-0.2, -0.15) is 0 Å². The fraction of sp³-hybridized carbons (Fsp3) is 0.469. The highest BCUT2D eigenvalue weighted by Crippen LogP contribution is 2.40. The van der Waals surface area contributed by atoms with Gasteiger partial charge in [0.1, 0.15) is 17.1 Å². The Balaban J connectivity index is 1.25. The summed E-state index contributed by atoms with van der Waals surface area (Å²) in [5.74, 6) is 1.58. The number of nitrogens with one attached hydrogen (secondary N) is 4. The minimum absolute atomic E-state index is 0.0918. The Morgan fingerprint density at radius 1 is 1.20 bits per heavy atom. The lowest BCUT2D eigenvalue weighted by Crippen LogP contribution is -2.60. The highest BCUT2D eigenvalue weighted by molar-refractivity contribution is 5.99. The van der Waals surface area contributed by atoms with Gasteiger partial charge in [-0.1, -0.05) is 25.1 Å². The second kappa shape index (κ2) is 11.4. The van der Waals surface area contributed by atoms with Crippen LogP contribution in [0.25, 0.3) is 6.08 Å². The summed E-state index contributed by atoms with van der Waals surface area (Å²) in [6, 6.07) is 11.7. The van der Waals surface area contributed by atoms with E-state index in [0.717, 1.165) is 73.3 Å². The summed E-state index contributed by atoms with van der Waals surface area (Å²) in [4.78, 5) is 25.3. The maximum Gasteiger partial charge on any atom is 0.251 e. The van der Waals surface area contributed by atoms with Crippen LogP contribution in [0.1, 0.15) is 98.8 Å². The molecule has 2 amide bonds. The number of rotatable bonds is 8. The van der Waals surface area contributed by atoms with Crippen LogP contribution in [0.5, 0.6) is 11.5 Å².